The Kier molecular flexibility index (Phi) is 8.29. The number of aliphatic carboxylic acids is 2. The first-order valence-electron chi connectivity index (χ1n) is 6.72. The molecule has 0 saturated carbocycles. The molecule has 1 rings (SSSR count). The lowest BCUT2D eigenvalue weighted by atomic mass is 9.80. The summed E-state index contributed by atoms with van der Waals surface area (Å²) in [6.45, 7) is 5.51. The molecule has 0 aliphatic carbocycles. The molecule has 4 nitrogen and oxygen atoms in total. The topological polar surface area (TPSA) is 74.6 Å². The molecule has 0 bridgehead atoms. The van der Waals surface area contributed by atoms with Crippen molar-refractivity contribution >= 4 is 11.9 Å². The first kappa shape index (κ1) is 18.2. The summed E-state index contributed by atoms with van der Waals surface area (Å²) in [4.78, 5) is 19.4. The fourth-order valence-corrected chi connectivity index (χ4v) is 1.88. The average Bonchev–Trinajstić information content (AvgIpc) is 2.35. The van der Waals surface area contributed by atoms with Crippen LogP contribution in [0, 0.1) is 0 Å². The Morgan fingerprint density at radius 1 is 1.05 bits per heavy atom. The van der Waals surface area contributed by atoms with E-state index in [2.05, 4.69) is 26.0 Å². The first-order chi connectivity index (χ1) is 9.25. The van der Waals surface area contributed by atoms with Crippen LogP contribution in [-0.2, 0) is 15.0 Å². The molecule has 0 aliphatic heterocycles. The number of carboxylic acid groups (broad SMARTS) is 2. The average molecular weight is 280 g/mol. The van der Waals surface area contributed by atoms with E-state index in [4.69, 9.17) is 15.0 Å². The van der Waals surface area contributed by atoms with Crippen molar-refractivity contribution in [1.29, 1.82) is 0 Å². The molecule has 112 valence electrons. The molecule has 0 atom stereocenters. The minimum atomic E-state index is -0.833. The molecule has 4 heteroatoms. The number of unbranched alkanes of at least 4 members (excludes halogenated alkanes) is 1. The number of rotatable bonds is 6. The van der Waals surface area contributed by atoms with Crippen molar-refractivity contribution in [3.8, 4) is 0 Å². The van der Waals surface area contributed by atoms with E-state index in [9.17, 15) is 4.79 Å². The largest absolute Gasteiger partial charge is 0.481 e. The summed E-state index contributed by atoms with van der Waals surface area (Å²) in [6.07, 6.45) is 3.05. The van der Waals surface area contributed by atoms with Crippen molar-refractivity contribution < 1.29 is 19.8 Å². The van der Waals surface area contributed by atoms with Gasteiger partial charge in [0.2, 0.25) is 0 Å². The maximum absolute atomic E-state index is 10.4. The van der Waals surface area contributed by atoms with E-state index < -0.39 is 11.9 Å². The van der Waals surface area contributed by atoms with Crippen LogP contribution < -0.4 is 0 Å². The zero-order valence-corrected chi connectivity index (χ0v) is 12.4. The minimum absolute atomic E-state index is 0.139. The van der Waals surface area contributed by atoms with E-state index in [0.29, 0.717) is 0 Å². The Balaban J connectivity index is 0.000000796. The fraction of sp³-hybridized carbons (Fsp3) is 0.500. The highest BCUT2D eigenvalue weighted by Crippen LogP contribution is 2.28. The Morgan fingerprint density at radius 2 is 1.55 bits per heavy atom. The van der Waals surface area contributed by atoms with Crippen LogP contribution in [0.4, 0.5) is 0 Å². The lowest BCUT2D eigenvalue weighted by molar-refractivity contribution is -0.137. The van der Waals surface area contributed by atoms with E-state index >= 15 is 0 Å². The van der Waals surface area contributed by atoms with Crippen molar-refractivity contribution in [2.24, 2.45) is 0 Å². The SMILES string of the molecule is CC(=O)O.CC(C)(CCCCC(=O)O)c1ccccc1. The second-order valence-electron chi connectivity index (χ2n) is 5.37. The lowest BCUT2D eigenvalue weighted by Gasteiger charge is -2.25. The predicted octanol–water partition coefficient (Wildman–Crippen LogP) is 3.70. The summed E-state index contributed by atoms with van der Waals surface area (Å²) in [5.41, 5.74) is 1.46. The van der Waals surface area contributed by atoms with Gasteiger partial charge in [0.15, 0.2) is 0 Å². The summed E-state index contributed by atoms with van der Waals surface area (Å²) in [7, 11) is 0. The highest BCUT2D eigenvalue weighted by molar-refractivity contribution is 5.66. The molecule has 0 fully saturated rings. The van der Waals surface area contributed by atoms with Gasteiger partial charge in [-0.3, -0.25) is 9.59 Å². The van der Waals surface area contributed by atoms with Gasteiger partial charge >= 0.3 is 5.97 Å². The van der Waals surface area contributed by atoms with E-state index in [1.165, 1.54) is 5.56 Å². The van der Waals surface area contributed by atoms with Crippen LogP contribution >= 0.6 is 0 Å². The molecular formula is C16H24O4. The first-order valence-corrected chi connectivity index (χ1v) is 6.72. The third kappa shape index (κ3) is 9.14. The minimum Gasteiger partial charge on any atom is -0.481 e. The maximum Gasteiger partial charge on any atom is 0.303 e. The van der Waals surface area contributed by atoms with Crippen LogP contribution in [0.15, 0.2) is 30.3 Å². The molecule has 20 heavy (non-hydrogen) atoms. The van der Waals surface area contributed by atoms with Gasteiger partial charge in [-0.1, -0.05) is 50.6 Å². The van der Waals surface area contributed by atoms with Gasteiger partial charge in [0.25, 0.3) is 5.97 Å². The monoisotopic (exact) mass is 280 g/mol. The summed E-state index contributed by atoms with van der Waals surface area (Å²) in [6, 6.07) is 10.4. The molecular weight excluding hydrogens is 256 g/mol. The standard InChI is InChI=1S/C14H20O2.C2H4O2/c1-14(2,11-7-6-10-13(15)16)12-8-4-3-5-9-12;1-2(3)4/h3-5,8-9H,6-7,10-11H2,1-2H3,(H,15,16);1H3,(H,3,4). The van der Waals surface area contributed by atoms with Gasteiger partial charge in [0.05, 0.1) is 0 Å². The van der Waals surface area contributed by atoms with Gasteiger partial charge in [-0.2, -0.15) is 0 Å². The molecule has 1 aromatic carbocycles. The van der Waals surface area contributed by atoms with Gasteiger partial charge in [0.1, 0.15) is 0 Å². The van der Waals surface area contributed by atoms with Gasteiger partial charge in [0, 0.05) is 13.3 Å². The van der Waals surface area contributed by atoms with Gasteiger partial charge in [-0.15, -0.1) is 0 Å². The lowest BCUT2D eigenvalue weighted by Crippen LogP contribution is -2.16. The van der Waals surface area contributed by atoms with Crippen LogP contribution in [0.3, 0.4) is 0 Å². The molecule has 0 heterocycles. The van der Waals surface area contributed by atoms with E-state index in [0.717, 1.165) is 26.2 Å². The summed E-state index contributed by atoms with van der Waals surface area (Å²) in [5, 5.41) is 16.0. The Labute approximate surface area is 120 Å². The molecule has 0 aliphatic rings. The van der Waals surface area contributed by atoms with Crippen molar-refractivity contribution in [2.75, 3.05) is 0 Å². The maximum atomic E-state index is 10.4. The smallest absolute Gasteiger partial charge is 0.303 e. The predicted molar refractivity (Wildman–Crippen MR) is 78.9 cm³/mol. The zero-order chi connectivity index (χ0) is 15.6. The highest BCUT2D eigenvalue weighted by Gasteiger charge is 2.19. The Bertz CT molecular complexity index is 406. The number of benzene rings is 1. The second kappa shape index (κ2) is 9.13. The van der Waals surface area contributed by atoms with Gasteiger partial charge < -0.3 is 10.2 Å². The molecule has 0 unspecified atom stereocenters. The number of hydrogen-bond acceptors (Lipinski definition) is 2. The molecule has 0 amide bonds. The molecule has 0 saturated heterocycles. The highest BCUT2D eigenvalue weighted by atomic mass is 16.4. The van der Waals surface area contributed by atoms with Crippen LogP contribution in [0.2, 0.25) is 0 Å². The van der Waals surface area contributed by atoms with Crippen LogP contribution in [0.1, 0.15) is 52.0 Å². The van der Waals surface area contributed by atoms with Crippen molar-refractivity contribution in [2.45, 2.75) is 51.9 Å². The van der Waals surface area contributed by atoms with Crippen molar-refractivity contribution in [3.63, 3.8) is 0 Å². The number of carbonyl (C=O) groups is 2. The van der Waals surface area contributed by atoms with Crippen molar-refractivity contribution in [1.82, 2.24) is 0 Å². The third-order valence-corrected chi connectivity index (χ3v) is 3.00. The van der Waals surface area contributed by atoms with Crippen LogP contribution in [-0.4, -0.2) is 22.2 Å². The van der Waals surface area contributed by atoms with Gasteiger partial charge in [-0.05, 0) is 23.8 Å². The molecule has 2 N–H and O–H groups in total. The zero-order valence-electron chi connectivity index (χ0n) is 12.4. The Morgan fingerprint density at radius 3 is 2.00 bits per heavy atom. The molecule has 0 aromatic heterocycles. The molecule has 1 aromatic rings. The quantitative estimate of drug-likeness (QED) is 0.779. The summed E-state index contributed by atoms with van der Waals surface area (Å²) in [5.74, 6) is -1.53. The summed E-state index contributed by atoms with van der Waals surface area (Å²) >= 11 is 0. The molecule has 0 spiro atoms. The fourth-order valence-electron chi connectivity index (χ4n) is 1.88. The van der Waals surface area contributed by atoms with Crippen LogP contribution in [0.5, 0.6) is 0 Å². The Hall–Kier alpha value is -1.84. The summed E-state index contributed by atoms with van der Waals surface area (Å²) < 4.78 is 0. The number of carboxylic acids is 2. The van der Waals surface area contributed by atoms with E-state index in [1.54, 1.807) is 0 Å². The normalized spacial score (nSPS) is 10.3. The molecule has 0 radical (unpaired) electrons. The van der Waals surface area contributed by atoms with Crippen molar-refractivity contribution in [3.05, 3.63) is 35.9 Å². The third-order valence-electron chi connectivity index (χ3n) is 3.00. The van der Waals surface area contributed by atoms with Gasteiger partial charge in [-0.25, -0.2) is 0 Å². The van der Waals surface area contributed by atoms with Crippen LogP contribution in [0.25, 0.3) is 0 Å². The van der Waals surface area contributed by atoms with E-state index in [-0.39, 0.29) is 11.8 Å². The van der Waals surface area contributed by atoms with E-state index in [1.807, 2.05) is 18.2 Å². The number of hydrogen-bond donors (Lipinski definition) is 2. The second-order valence-corrected chi connectivity index (χ2v) is 5.37.